The molecule has 0 unspecified atom stereocenters. The minimum Gasteiger partial charge on any atom is -0.493 e. The second kappa shape index (κ2) is 9.73. The zero-order chi connectivity index (χ0) is 22.7. The Balaban J connectivity index is 1.47. The highest BCUT2D eigenvalue weighted by atomic mass is 32.1. The van der Waals surface area contributed by atoms with Crippen molar-refractivity contribution < 1.29 is 14.3 Å². The van der Waals surface area contributed by atoms with Gasteiger partial charge in [-0.05, 0) is 55.9 Å². The molecule has 0 radical (unpaired) electrons. The highest BCUT2D eigenvalue weighted by molar-refractivity contribution is 7.18. The number of rotatable bonds is 8. The van der Waals surface area contributed by atoms with Crippen LogP contribution >= 0.6 is 11.3 Å². The molecule has 3 aromatic rings. The number of carbonyl (C=O) groups is 1. The maximum absolute atomic E-state index is 13.1. The Kier molecular flexibility index (Phi) is 6.79. The number of thiophene rings is 1. The Labute approximate surface area is 191 Å². The third-order valence-electron chi connectivity index (χ3n) is 6.06. The van der Waals surface area contributed by atoms with Gasteiger partial charge >= 0.3 is 0 Å². The molecule has 0 N–H and O–H groups in total. The number of benzene rings is 1. The molecule has 0 atom stereocenters. The molecule has 32 heavy (non-hydrogen) atoms. The van der Waals surface area contributed by atoms with Crippen LogP contribution in [0.25, 0.3) is 10.2 Å². The summed E-state index contributed by atoms with van der Waals surface area (Å²) < 4.78 is 12.2. The lowest BCUT2D eigenvalue weighted by Crippen LogP contribution is -2.32. The van der Waals surface area contributed by atoms with E-state index in [-0.39, 0.29) is 17.9 Å². The predicted molar refractivity (Wildman–Crippen MR) is 126 cm³/mol. The quantitative estimate of drug-likeness (QED) is 0.517. The minimum absolute atomic E-state index is 0.00151. The van der Waals surface area contributed by atoms with Crippen LogP contribution in [0.4, 0.5) is 0 Å². The van der Waals surface area contributed by atoms with Crippen LogP contribution in [0.15, 0.2) is 29.3 Å². The molecule has 0 fully saturated rings. The van der Waals surface area contributed by atoms with Crippen LogP contribution in [0.5, 0.6) is 11.5 Å². The van der Waals surface area contributed by atoms with E-state index >= 15 is 0 Å². The number of carbonyl (C=O) groups excluding carboxylic acids is 1. The Morgan fingerprint density at radius 1 is 1.19 bits per heavy atom. The molecule has 1 aliphatic carbocycles. The molecule has 7 nitrogen and oxygen atoms in total. The van der Waals surface area contributed by atoms with Gasteiger partial charge in [0.15, 0.2) is 11.5 Å². The molecule has 1 aliphatic rings. The lowest BCUT2D eigenvalue weighted by Gasteiger charge is -2.22. The topological polar surface area (TPSA) is 73.7 Å². The number of fused-ring (bicyclic) bond motifs is 3. The average molecular weight is 456 g/mol. The summed E-state index contributed by atoms with van der Waals surface area (Å²) >= 11 is 1.64. The van der Waals surface area contributed by atoms with Crippen molar-refractivity contribution in [3.63, 3.8) is 0 Å². The van der Waals surface area contributed by atoms with E-state index in [1.165, 1.54) is 16.9 Å². The van der Waals surface area contributed by atoms with Crippen LogP contribution in [0, 0.1) is 0 Å². The summed E-state index contributed by atoms with van der Waals surface area (Å²) in [6, 6.07) is 5.66. The first-order valence-electron chi connectivity index (χ1n) is 11.0. The van der Waals surface area contributed by atoms with Gasteiger partial charge in [0.25, 0.3) is 5.56 Å². The zero-order valence-corrected chi connectivity index (χ0v) is 19.7. The van der Waals surface area contributed by atoms with Crippen LogP contribution in [-0.2, 0) is 30.7 Å². The summed E-state index contributed by atoms with van der Waals surface area (Å²) in [5, 5.41) is 0.761. The summed E-state index contributed by atoms with van der Waals surface area (Å²) in [7, 11) is 3.19. The van der Waals surface area contributed by atoms with Crippen LogP contribution in [0.2, 0.25) is 0 Å². The lowest BCUT2D eigenvalue weighted by atomic mass is 9.97. The lowest BCUT2D eigenvalue weighted by molar-refractivity contribution is -0.131. The van der Waals surface area contributed by atoms with E-state index in [4.69, 9.17) is 9.47 Å². The third-order valence-corrected chi connectivity index (χ3v) is 7.26. The molecule has 2 heterocycles. The van der Waals surface area contributed by atoms with Gasteiger partial charge in [0, 0.05) is 30.9 Å². The first-order chi connectivity index (χ1) is 15.5. The van der Waals surface area contributed by atoms with Crippen LogP contribution in [0.3, 0.4) is 0 Å². The minimum atomic E-state index is -0.0230. The van der Waals surface area contributed by atoms with Gasteiger partial charge in [-0.3, -0.25) is 14.2 Å². The van der Waals surface area contributed by atoms with Gasteiger partial charge in [0.05, 0.1) is 25.9 Å². The number of hydrogen-bond acceptors (Lipinski definition) is 6. The maximum atomic E-state index is 13.1. The van der Waals surface area contributed by atoms with E-state index < -0.39 is 0 Å². The van der Waals surface area contributed by atoms with Crippen LogP contribution in [0.1, 0.15) is 42.2 Å². The first-order valence-corrected chi connectivity index (χ1v) is 11.9. The number of amides is 1. The van der Waals surface area contributed by atoms with Crippen molar-refractivity contribution in [1.82, 2.24) is 14.5 Å². The summed E-state index contributed by atoms with van der Waals surface area (Å²) in [5.41, 5.74) is 2.12. The van der Waals surface area contributed by atoms with E-state index in [9.17, 15) is 9.59 Å². The standard InChI is InChI=1S/C24H29N3O4S/c1-4-26(14-16-9-10-18(30-2)19(13-16)31-3)21(28)11-12-27-15-25-23-22(24(27)29)17-7-5-6-8-20(17)32-23/h9-10,13,15H,4-8,11-12,14H2,1-3H3. The summed E-state index contributed by atoms with van der Waals surface area (Å²) in [4.78, 5) is 34.5. The van der Waals surface area contributed by atoms with Crippen molar-refractivity contribution >= 4 is 27.5 Å². The summed E-state index contributed by atoms with van der Waals surface area (Å²) in [5.74, 6) is 1.30. The molecule has 170 valence electrons. The highest BCUT2D eigenvalue weighted by Gasteiger charge is 2.20. The molecule has 1 aromatic carbocycles. The van der Waals surface area contributed by atoms with Gasteiger partial charge in [-0.15, -0.1) is 11.3 Å². The molecule has 0 aliphatic heterocycles. The highest BCUT2D eigenvalue weighted by Crippen LogP contribution is 2.33. The van der Waals surface area contributed by atoms with Crippen molar-refractivity contribution in [2.45, 2.75) is 52.1 Å². The fraction of sp³-hybridized carbons (Fsp3) is 0.458. The Bertz CT molecular complexity index is 1180. The number of ether oxygens (including phenoxy) is 2. The number of nitrogens with zero attached hydrogens (tertiary/aromatic N) is 3. The molecule has 0 bridgehead atoms. The summed E-state index contributed by atoms with van der Waals surface area (Å²) in [6.07, 6.45) is 6.12. The van der Waals surface area contributed by atoms with Gasteiger partial charge in [-0.1, -0.05) is 6.07 Å². The molecule has 8 heteroatoms. The average Bonchev–Trinajstić information content (AvgIpc) is 3.21. The molecule has 0 spiro atoms. The monoisotopic (exact) mass is 455 g/mol. The number of aromatic nitrogens is 2. The second-order valence-corrected chi connectivity index (χ2v) is 9.07. The van der Waals surface area contributed by atoms with E-state index in [1.54, 1.807) is 41.4 Å². The first kappa shape index (κ1) is 22.3. The number of aryl methyl sites for hydroxylation is 3. The van der Waals surface area contributed by atoms with Crippen LogP contribution < -0.4 is 15.0 Å². The third kappa shape index (κ3) is 4.37. The fourth-order valence-electron chi connectivity index (χ4n) is 4.29. The smallest absolute Gasteiger partial charge is 0.262 e. The van der Waals surface area contributed by atoms with Crippen molar-refractivity contribution in [2.24, 2.45) is 0 Å². The van der Waals surface area contributed by atoms with Crippen molar-refractivity contribution in [2.75, 3.05) is 20.8 Å². The molecule has 0 saturated heterocycles. The van der Waals surface area contributed by atoms with Gasteiger partial charge in [0.2, 0.25) is 5.91 Å². The Hall–Kier alpha value is -2.87. The second-order valence-electron chi connectivity index (χ2n) is 7.98. The normalized spacial score (nSPS) is 13.1. The largest absolute Gasteiger partial charge is 0.493 e. The Morgan fingerprint density at radius 2 is 1.97 bits per heavy atom. The van der Waals surface area contributed by atoms with Gasteiger partial charge in [-0.25, -0.2) is 4.98 Å². The van der Waals surface area contributed by atoms with E-state index in [0.717, 1.165) is 35.0 Å². The van der Waals surface area contributed by atoms with Gasteiger partial charge < -0.3 is 14.4 Å². The SMILES string of the molecule is CCN(Cc1ccc(OC)c(OC)c1)C(=O)CCn1cnc2sc3c(c2c1=O)CCCC3. The number of methoxy groups -OCH3 is 2. The summed E-state index contributed by atoms with van der Waals surface area (Å²) in [6.45, 7) is 3.33. The Morgan fingerprint density at radius 3 is 2.72 bits per heavy atom. The van der Waals surface area contributed by atoms with Crippen molar-refractivity contribution in [1.29, 1.82) is 0 Å². The molecule has 4 rings (SSSR count). The van der Waals surface area contributed by atoms with E-state index in [0.29, 0.717) is 31.1 Å². The van der Waals surface area contributed by atoms with Crippen LogP contribution in [-0.4, -0.2) is 41.1 Å². The molecular weight excluding hydrogens is 426 g/mol. The zero-order valence-electron chi connectivity index (χ0n) is 18.8. The molecule has 2 aromatic heterocycles. The van der Waals surface area contributed by atoms with Gasteiger partial charge in [-0.2, -0.15) is 0 Å². The predicted octanol–water partition coefficient (Wildman–Crippen LogP) is 3.79. The molecular formula is C24H29N3O4S. The van der Waals surface area contributed by atoms with E-state index in [1.807, 2.05) is 25.1 Å². The van der Waals surface area contributed by atoms with Crippen molar-refractivity contribution in [3.8, 4) is 11.5 Å². The number of hydrogen-bond donors (Lipinski definition) is 0. The fourth-order valence-corrected chi connectivity index (χ4v) is 5.51. The molecule has 1 amide bonds. The van der Waals surface area contributed by atoms with E-state index in [2.05, 4.69) is 4.98 Å². The van der Waals surface area contributed by atoms with Gasteiger partial charge in [0.1, 0.15) is 4.83 Å². The molecule has 0 saturated carbocycles. The van der Waals surface area contributed by atoms with Crippen molar-refractivity contribution in [3.05, 3.63) is 50.9 Å². The maximum Gasteiger partial charge on any atom is 0.262 e.